The summed E-state index contributed by atoms with van der Waals surface area (Å²) in [6.45, 7) is 2.55. The van der Waals surface area contributed by atoms with Gasteiger partial charge in [0.1, 0.15) is 12.4 Å². The molecule has 2 aromatic carbocycles. The highest BCUT2D eigenvalue weighted by Crippen LogP contribution is 2.35. The zero-order valence-corrected chi connectivity index (χ0v) is 15.2. The molecule has 0 radical (unpaired) electrons. The lowest BCUT2D eigenvalue weighted by molar-refractivity contribution is -0.121. The van der Waals surface area contributed by atoms with Crippen molar-refractivity contribution >= 4 is 11.6 Å². The first-order valence-electron chi connectivity index (χ1n) is 9.06. The number of amides is 1. The van der Waals surface area contributed by atoms with Crippen LogP contribution in [-0.4, -0.2) is 38.8 Å². The minimum Gasteiger partial charge on any atom is -0.489 e. The van der Waals surface area contributed by atoms with Crippen molar-refractivity contribution < 1.29 is 14.3 Å². The van der Waals surface area contributed by atoms with Crippen molar-refractivity contribution in [3.8, 4) is 5.75 Å². The van der Waals surface area contributed by atoms with Crippen LogP contribution in [0.3, 0.4) is 0 Å². The summed E-state index contributed by atoms with van der Waals surface area (Å²) in [5.41, 5.74) is 2.26. The lowest BCUT2D eigenvalue weighted by Gasteiger charge is -2.38. The van der Waals surface area contributed by atoms with E-state index in [0.717, 1.165) is 24.4 Å². The Bertz CT molecular complexity index is 705. The molecule has 0 aromatic heterocycles. The highest BCUT2D eigenvalue weighted by Gasteiger charge is 2.29. The molecule has 1 aliphatic rings. The van der Waals surface area contributed by atoms with E-state index >= 15 is 0 Å². The summed E-state index contributed by atoms with van der Waals surface area (Å²) in [5, 5.41) is 2.97. The van der Waals surface area contributed by atoms with Gasteiger partial charge in [-0.25, -0.2) is 0 Å². The van der Waals surface area contributed by atoms with E-state index in [0.29, 0.717) is 26.2 Å². The quantitative estimate of drug-likeness (QED) is 0.741. The van der Waals surface area contributed by atoms with Gasteiger partial charge in [-0.3, -0.25) is 4.79 Å². The topological polar surface area (TPSA) is 50.8 Å². The molecular formula is C21H26N2O3. The van der Waals surface area contributed by atoms with Crippen LogP contribution in [0, 0.1) is 0 Å². The number of rotatable bonds is 8. The Morgan fingerprint density at radius 3 is 2.77 bits per heavy atom. The van der Waals surface area contributed by atoms with Gasteiger partial charge >= 0.3 is 0 Å². The van der Waals surface area contributed by atoms with Crippen LogP contribution in [0.15, 0.2) is 54.6 Å². The Kier molecular flexibility index (Phi) is 6.50. The van der Waals surface area contributed by atoms with E-state index in [2.05, 4.69) is 28.4 Å². The summed E-state index contributed by atoms with van der Waals surface area (Å²) < 4.78 is 10.9. The molecule has 3 rings (SSSR count). The highest BCUT2D eigenvalue weighted by molar-refractivity contribution is 5.77. The first-order valence-corrected chi connectivity index (χ1v) is 9.06. The molecule has 1 atom stereocenters. The fourth-order valence-electron chi connectivity index (χ4n) is 3.18. The molecule has 1 heterocycles. The van der Waals surface area contributed by atoms with Crippen molar-refractivity contribution in [2.45, 2.75) is 25.4 Å². The number of carbonyl (C=O) groups excluding carboxylic acids is 1. The van der Waals surface area contributed by atoms with Crippen LogP contribution >= 0.6 is 0 Å². The van der Waals surface area contributed by atoms with Gasteiger partial charge in [-0.2, -0.15) is 0 Å². The molecular weight excluding hydrogens is 328 g/mol. The van der Waals surface area contributed by atoms with Crippen molar-refractivity contribution in [3.05, 3.63) is 60.2 Å². The van der Waals surface area contributed by atoms with Crippen molar-refractivity contribution in [2.24, 2.45) is 0 Å². The Labute approximate surface area is 154 Å². The van der Waals surface area contributed by atoms with Crippen molar-refractivity contribution in [1.82, 2.24) is 5.32 Å². The second kappa shape index (κ2) is 9.25. The molecule has 26 heavy (non-hydrogen) atoms. The monoisotopic (exact) mass is 354 g/mol. The van der Waals surface area contributed by atoms with Crippen LogP contribution in [0.25, 0.3) is 0 Å². The van der Waals surface area contributed by atoms with Gasteiger partial charge in [0.05, 0.1) is 18.2 Å². The molecule has 1 N–H and O–H groups in total. The minimum atomic E-state index is 0.00697. The number of ether oxygens (including phenoxy) is 2. The SMILES string of the molecule is COCCCNC(=O)C[C@@H]1COc2ccccc2N1Cc1ccccc1. The van der Waals surface area contributed by atoms with E-state index in [9.17, 15) is 4.79 Å². The number of benzene rings is 2. The normalized spacial score (nSPS) is 15.9. The molecule has 0 unspecified atom stereocenters. The zero-order valence-electron chi connectivity index (χ0n) is 15.2. The zero-order chi connectivity index (χ0) is 18.2. The highest BCUT2D eigenvalue weighted by atomic mass is 16.5. The predicted molar refractivity (Wildman–Crippen MR) is 102 cm³/mol. The van der Waals surface area contributed by atoms with Gasteiger partial charge in [-0.1, -0.05) is 42.5 Å². The summed E-state index contributed by atoms with van der Waals surface area (Å²) in [4.78, 5) is 14.6. The second-order valence-electron chi connectivity index (χ2n) is 6.45. The van der Waals surface area contributed by atoms with Gasteiger partial charge in [0.25, 0.3) is 0 Å². The maximum absolute atomic E-state index is 12.4. The van der Waals surface area contributed by atoms with Crippen LogP contribution in [-0.2, 0) is 16.1 Å². The summed E-state index contributed by atoms with van der Waals surface area (Å²) in [5.74, 6) is 0.923. The second-order valence-corrected chi connectivity index (χ2v) is 6.45. The molecule has 1 amide bonds. The molecule has 5 nitrogen and oxygen atoms in total. The average molecular weight is 354 g/mol. The summed E-state index contributed by atoms with van der Waals surface area (Å²) in [6.07, 6.45) is 1.23. The lowest BCUT2D eigenvalue weighted by atomic mass is 10.1. The largest absolute Gasteiger partial charge is 0.489 e. The van der Waals surface area contributed by atoms with Crippen LogP contribution in [0.2, 0.25) is 0 Å². The first-order chi connectivity index (χ1) is 12.8. The number of methoxy groups -OCH3 is 1. The number of fused-ring (bicyclic) bond motifs is 1. The predicted octanol–water partition coefficient (Wildman–Crippen LogP) is 3.00. The fraction of sp³-hybridized carbons (Fsp3) is 0.381. The van der Waals surface area contributed by atoms with Crippen LogP contribution in [0.4, 0.5) is 5.69 Å². The van der Waals surface area contributed by atoms with E-state index in [-0.39, 0.29) is 11.9 Å². The molecule has 2 aromatic rings. The number of nitrogens with one attached hydrogen (secondary N) is 1. The third kappa shape index (κ3) is 4.76. The van der Waals surface area contributed by atoms with Gasteiger partial charge in [0, 0.05) is 26.8 Å². The molecule has 0 aliphatic carbocycles. The lowest BCUT2D eigenvalue weighted by Crippen LogP contribution is -2.45. The molecule has 0 fully saturated rings. The number of nitrogens with zero attached hydrogens (tertiary/aromatic N) is 1. The number of para-hydroxylation sites is 2. The molecule has 0 bridgehead atoms. The van der Waals surface area contributed by atoms with E-state index in [4.69, 9.17) is 9.47 Å². The summed E-state index contributed by atoms with van der Waals surface area (Å²) in [6, 6.07) is 18.3. The van der Waals surface area contributed by atoms with E-state index in [1.165, 1.54) is 5.56 Å². The van der Waals surface area contributed by atoms with Gasteiger partial charge < -0.3 is 19.7 Å². The molecule has 0 saturated heterocycles. The van der Waals surface area contributed by atoms with E-state index in [1.54, 1.807) is 7.11 Å². The maximum Gasteiger partial charge on any atom is 0.222 e. The van der Waals surface area contributed by atoms with Crippen LogP contribution in [0.1, 0.15) is 18.4 Å². The Morgan fingerprint density at radius 2 is 1.96 bits per heavy atom. The maximum atomic E-state index is 12.4. The standard InChI is InChI=1S/C21H26N2O3/c1-25-13-7-12-22-21(24)14-18-16-26-20-11-6-5-10-19(20)23(18)15-17-8-3-2-4-9-17/h2-6,8-11,18H,7,12-16H2,1H3,(H,22,24)/t18-/m1/s1. The Balaban J connectivity index is 1.70. The average Bonchev–Trinajstić information content (AvgIpc) is 2.68. The van der Waals surface area contributed by atoms with Crippen molar-refractivity contribution in [2.75, 3.05) is 31.8 Å². The number of carbonyl (C=O) groups is 1. The molecule has 1 aliphatic heterocycles. The van der Waals surface area contributed by atoms with Gasteiger partial charge in [-0.05, 0) is 24.1 Å². The number of hydrogen-bond donors (Lipinski definition) is 1. The van der Waals surface area contributed by atoms with Gasteiger partial charge in [0.15, 0.2) is 0 Å². The first kappa shape index (κ1) is 18.3. The van der Waals surface area contributed by atoms with Crippen LogP contribution in [0.5, 0.6) is 5.75 Å². The Morgan fingerprint density at radius 1 is 1.19 bits per heavy atom. The summed E-state index contributed by atoms with van der Waals surface area (Å²) in [7, 11) is 1.67. The molecule has 0 spiro atoms. The molecule has 138 valence electrons. The molecule has 5 heteroatoms. The Hall–Kier alpha value is -2.53. The van der Waals surface area contributed by atoms with Crippen LogP contribution < -0.4 is 15.0 Å². The molecule has 0 saturated carbocycles. The number of hydrogen-bond acceptors (Lipinski definition) is 4. The third-order valence-corrected chi connectivity index (χ3v) is 4.51. The fourth-order valence-corrected chi connectivity index (χ4v) is 3.18. The minimum absolute atomic E-state index is 0.00697. The summed E-state index contributed by atoms with van der Waals surface area (Å²) >= 11 is 0. The van der Waals surface area contributed by atoms with Crippen molar-refractivity contribution in [3.63, 3.8) is 0 Å². The van der Waals surface area contributed by atoms with E-state index in [1.807, 2.05) is 36.4 Å². The smallest absolute Gasteiger partial charge is 0.222 e. The van der Waals surface area contributed by atoms with Gasteiger partial charge in [-0.15, -0.1) is 0 Å². The van der Waals surface area contributed by atoms with Gasteiger partial charge in [0.2, 0.25) is 5.91 Å². The van der Waals surface area contributed by atoms with E-state index < -0.39 is 0 Å². The third-order valence-electron chi connectivity index (χ3n) is 4.51. The number of anilines is 1. The van der Waals surface area contributed by atoms with Crippen molar-refractivity contribution in [1.29, 1.82) is 0 Å².